The third-order valence-electron chi connectivity index (χ3n) is 10.3. The number of ether oxygens (including phenoxy) is 4. The van der Waals surface area contributed by atoms with E-state index in [2.05, 4.69) is 62.3 Å². The van der Waals surface area contributed by atoms with Crippen molar-refractivity contribution in [3.05, 3.63) is 120 Å². The van der Waals surface area contributed by atoms with Crippen molar-refractivity contribution in [2.24, 2.45) is 0 Å². The minimum absolute atomic E-state index is 0.149. The summed E-state index contributed by atoms with van der Waals surface area (Å²) in [6, 6.07) is 8.19. The van der Waals surface area contributed by atoms with Crippen molar-refractivity contribution in [2.75, 3.05) is 26.4 Å². The SMILES string of the molecule is C=CCOC(=O)CCC1=C(C)c2cc3[nH]c(cc4nc(cc5[nH]c(cc1n2)c(CCC(=O)OCC=C)c5C)C(C)=C4C(C)OCC=C)c(C)c3C(C)OCC=C. The summed E-state index contributed by atoms with van der Waals surface area (Å²) < 4.78 is 23.0. The van der Waals surface area contributed by atoms with E-state index >= 15 is 0 Å². The number of nitrogens with zero attached hydrogens (tertiary/aromatic N) is 2. The minimum atomic E-state index is -0.317. The van der Waals surface area contributed by atoms with Crippen LogP contribution in [0.3, 0.4) is 0 Å². The normalized spacial score (nSPS) is 13.7. The predicted molar refractivity (Wildman–Crippen MR) is 225 cm³/mol. The summed E-state index contributed by atoms with van der Waals surface area (Å²) in [4.78, 5) is 43.2. The van der Waals surface area contributed by atoms with Crippen LogP contribution < -0.4 is 0 Å². The molecule has 5 rings (SSSR count). The molecule has 294 valence electrons. The Morgan fingerprint density at radius 2 is 1.12 bits per heavy atom. The van der Waals surface area contributed by atoms with Gasteiger partial charge < -0.3 is 28.9 Å². The van der Waals surface area contributed by atoms with Crippen LogP contribution in [0.15, 0.2) is 74.9 Å². The molecule has 2 aliphatic heterocycles. The molecule has 2 N–H and O–H groups in total. The van der Waals surface area contributed by atoms with Crippen molar-refractivity contribution in [2.45, 2.75) is 79.4 Å². The third kappa shape index (κ3) is 9.26. The number of rotatable bonds is 18. The van der Waals surface area contributed by atoms with E-state index in [4.69, 9.17) is 28.9 Å². The molecule has 3 aromatic heterocycles. The van der Waals surface area contributed by atoms with Crippen LogP contribution in [0.25, 0.3) is 44.4 Å². The van der Waals surface area contributed by atoms with E-state index in [9.17, 15) is 9.59 Å². The van der Waals surface area contributed by atoms with Gasteiger partial charge in [-0.3, -0.25) is 9.59 Å². The Kier molecular flexibility index (Phi) is 14.0. The van der Waals surface area contributed by atoms with Gasteiger partial charge in [-0.25, -0.2) is 9.97 Å². The molecular weight excluding hydrogens is 705 g/mol. The first-order valence-electron chi connectivity index (χ1n) is 19.1. The van der Waals surface area contributed by atoms with Crippen molar-refractivity contribution in [1.82, 2.24) is 19.9 Å². The molecule has 0 fully saturated rings. The van der Waals surface area contributed by atoms with Gasteiger partial charge in [0.25, 0.3) is 0 Å². The molecule has 0 aliphatic carbocycles. The Balaban J connectivity index is 1.86. The van der Waals surface area contributed by atoms with Gasteiger partial charge in [-0.1, -0.05) is 37.5 Å². The average molecular weight is 759 g/mol. The van der Waals surface area contributed by atoms with Crippen LogP contribution in [0.1, 0.15) is 98.1 Å². The molecule has 10 nitrogen and oxygen atoms in total. The largest absolute Gasteiger partial charge is 0.461 e. The molecule has 2 aliphatic rings. The summed E-state index contributed by atoms with van der Waals surface area (Å²) in [7, 11) is 0. The number of aromatic nitrogens is 4. The highest BCUT2D eigenvalue weighted by Crippen LogP contribution is 2.38. The van der Waals surface area contributed by atoms with Gasteiger partial charge >= 0.3 is 11.9 Å². The topological polar surface area (TPSA) is 128 Å². The number of allylic oxidation sites excluding steroid dienone is 3. The second-order valence-electron chi connectivity index (χ2n) is 14.0. The number of hydrogen-bond donors (Lipinski definition) is 2. The summed E-state index contributed by atoms with van der Waals surface area (Å²) >= 11 is 0. The monoisotopic (exact) mass is 758 g/mol. The maximum Gasteiger partial charge on any atom is 0.306 e. The van der Waals surface area contributed by atoms with Crippen LogP contribution >= 0.6 is 0 Å². The number of H-pyrrole nitrogens is 2. The van der Waals surface area contributed by atoms with Gasteiger partial charge in [-0.15, -0.1) is 13.2 Å². The first-order valence-corrected chi connectivity index (χ1v) is 19.1. The third-order valence-corrected chi connectivity index (χ3v) is 10.3. The molecule has 0 amide bonds. The number of fused-ring (bicyclic) bond motifs is 8. The summed E-state index contributed by atoms with van der Waals surface area (Å²) in [5, 5.41) is 0. The molecule has 8 bridgehead atoms. The molecule has 0 saturated heterocycles. The zero-order valence-electron chi connectivity index (χ0n) is 33.6. The highest BCUT2D eigenvalue weighted by atomic mass is 16.5. The van der Waals surface area contributed by atoms with Gasteiger partial charge in [0, 0.05) is 46.0 Å². The fourth-order valence-corrected chi connectivity index (χ4v) is 7.32. The lowest BCUT2D eigenvalue weighted by molar-refractivity contribution is -0.143. The van der Waals surface area contributed by atoms with Crippen LogP contribution in [0.4, 0.5) is 0 Å². The molecule has 10 heteroatoms. The standard InChI is InChI=1S/C46H54N4O6/c1-11-19-53-31(9)45-29(7)37-23-35-27(5)33(15-17-43(51)55-21-13-3)39(47-35)26-40-34(16-18-44(52)56-22-14-4)28(6)36(48-40)24-41-46(32(10)54-20-12-2)30(8)38(50-41)25-42(45)49-37/h11-14,23-26,31-32,47,50H,1-4,15-22H2,5-10H3. The van der Waals surface area contributed by atoms with E-state index in [1.165, 1.54) is 0 Å². The quantitative estimate of drug-likeness (QED) is 0.0970. The Morgan fingerprint density at radius 1 is 0.625 bits per heavy atom. The second-order valence-corrected chi connectivity index (χ2v) is 14.0. The van der Waals surface area contributed by atoms with Crippen molar-refractivity contribution in [3.63, 3.8) is 0 Å². The van der Waals surface area contributed by atoms with E-state index in [1.54, 1.807) is 24.3 Å². The van der Waals surface area contributed by atoms with Crippen molar-refractivity contribution < 1.29 is 28.5 Å². The Hall–Kier alpha value is -5.58. The maximum atomic E-state index is 12.7. The molecule has 5 heterocycles. The van der Waals surface area contributed by atoms with Crippen LogP contribution in [-0.4, -0.2) is 64.4 Å². The van der Waals surface area contributed by atoms with Crippen LogP contribution in [0.5, 0.6) is 0 Å². The lowest BCUT2D eigenvalue weighted by atomic mass is 9.99. The van der Waals surface area contributed by atoms with Gasteiger partial charge in [0.05, 0.1) is 48.2 Å². The molecule has 0 saturated carbocycles. The van der Waals surface area contributed by atoms with Gasteiger partial charge in [-0.05, 0) is 112 Å². The molecule has 0 spiro atoms. The zero-order chi connectivity index (χ0) is 40.5. The second kappa shape index (κ2) is 18.8. The number of hydrogen-bond acceptors (Lipinski definition) is 8. The Morgan fingerprint density at radius 3 is 1.77 bits per heavy atom. The molecule has 2 atom stereocenters. The predicted octanol–water partition coefficient (Wildman–Crippen LogP) is 9.82. The van der Waals surface area contributed by atoms with Crippen LogP contribution in [0.2, 0.25) is 0 Å². The van der Waals surface area contributed by atoms with Gasteiger partial charge in [-0.2, -0.15) is 0 Å². The number of carbonyl (C=O) groups excluding carboxylic acids is 2. The Bertz CT molecular complexity index is 2270. The average Bonchev–Trinajstić information content (AvgIpc) is 3.85. The van der Waals surface area contributed by atoms with Crippen molar-refractivity contribution in [3.8, 4) is 0 Å². The zero-order valence-corrected chi connectivity index (χ0v) is 33.6. The number of esters is 2. The highest BCUT2D eigenvalue weighted by Gasteiger charge is 2.25. The number of aryl methyl sites for hydroxylation is 3. The van der Waals surface area contributed by atoms with Crippen LogP contribution in [-0.2, 0) is 35.0 Å². The molecule has 2 unspecified atom stereocenters. The van der Waals surface area contributed by atoms with Gasteiger partial charge in [0.2, 0.25) is 0 Å². The summed E-state index contributed by atoms with van der Waals surface area (Å²) in [5.41, 5.74) is 14.3. The van der Waals surface area contributed by atoms with E-state index in [1.807, 2.05) is 39.8 Å². The fraction of sp³-hybridized carbons (Fsp3) is 0.348. The van der Waals surface area contributed by atoms with Gasteiger partial charge in [0.1, 0.15) is 13.2 Å². The van der Waals surface area contributed by atoms with E-state index in [0.29, 0.717) is 31.7 Å². The van der Waals surface area contributed by atoms with E-state index < -0.39 is 0 Å². The number of aromatic amines is 2. The first kappa shape index (κ1) is 41.6. The molecule has 0 aromatic carbocycles. The summed E-state index contributed by atoms with van der Waals surface area (Å²) in [5.74, 6) is -0.629. The van der Waals surface area contributed by atoms with E-state index in [0.717, 1.165) is 83.7 Å². The smallest absolute Gasteiger partial charge is 0.306 e. The van der Waals surface area contributed by atoms with Crippen molar-refractivity contribution >= 4 is 56.3 Å². The Labute approximate surface area is 329 Å². The lowest BCUT2D eigenvalue weighted by Crippen LogP contribution is -2.10. The van der Waals surface area contributed by atoms with Crippen molar-refractivity contribution in [1.29, 1.82) is 0 Å². The lowest BCUT2D eigenvalue weighted by Gasteiger charge is -2.14. The minimum Gasteiger partial charge on any atom is -0.461 e. The summed E-state index contributed by atoms with van der Waals surface area (Å²) in [6.45, 7) is 28.4. The van der Waals surface area contributed by atoms with Crippen LogP contribution in [0, 0.1) is 13.8 Å². The number of carbonyl (C=O) groups is 2. The van der Waals surface area contributed by atoms with Gasteiger partial charge in [0.15, 0.2) is 0 Å². The molecule has 0 radical (unpaired) electrons. The van der Waals surface area contributed by atoms with E-state index in [-0.39, 0.29) is 50.2 Å². The fourth-order valence-electron chi connectivity index (χ4n) is 7.32. The molecule has 56 heavy (non-hydrogen) atoms. The molecule has 3 aromatic rings. The first-order chi connectivity index (χ1) is 26.9. The number of nitrogens with one attached hydrogen (secondary N) is 2. The summed E-state index contributed by atoms with van der Waals surface area (Å²) in [6.07, 6.45) is 7.26. The highest BCUT2D eigenvalue weighted by molar-refractivity contribution is 5.96. The molecular formula is C46H54N4O6. The maximum absolute atomic E-state index is 12.7.